The molecule has 0 fully saturated rings. The Morgan fingerprint density at radius 3 is 2.96 bits per heavy atom. The normalized spacial score (nSPS) is 11.0. The molecule has 26 heavy (non-hydrogen) atoms. The third-order valence-corrected chi connectivity index (χ3v) is 4.71. The molecular formula is C18H15N5O2S. The first-order valence-electron chi connectivity index (χ1n) is 7.93. The van der Waals surface area contributed by atoms with Crippen molar-refractivity contribution < 1.29 is 9.21 Å². The fourth-order valence-corrected chi connectivity index (χ4v) is 3.45. The van der Waals surface area contributed by atoms with Gasteiger partial charge in [-0.25, -0.2) is 4.98 Å². The smallest absolute Gasteiger partial charge is 0.291 e. The Bertz CT molecular complexity index is 1060. The second kappa shape index (κ2) is 7.01. The average molecular weight is 365 g/mol. The van der Waals surface area contributed by atoms with Crippen LogP contribution in [0.5, 0.6) is 0 Å². The van der Waals surface area contributed by atoms with Gasteiger partial charge in [-0.15, -0.1) is 0 Å². The topological polar surface area (TPSA) is 96.7 Å². The van der Waals surface area contributed by atoms with Crippen LogP contribution in [0.1, 0.15) is 21.8 Å². The highest BCUT2D eigenvalue weighted by atomic mass is 32.2. The molecule has 1 amide bonds. The summed E-state index contributed by atoms with van der Waals surface area (Å²) in [5.74, 6) is 0.539. The molecule has 2 N–H and O–H groups in total. The standard InChI is InChI=1S/C18H15N5O2S/c1-11-8-12(6-7-19-11)22-17(24)16-14(9-26-18-20-10-21-23-18)13-4-2-3-5-15(13)25-16/h2-8,10H,9H2,1H3,(H,19,22,24)(H,20,21,23). The number of pyridine rings is 1. The van der Waals surface area contributed by atoms with E-state index in [0.29, 0.717) is 27.9 Å². The summed E-state index contributed by atoms with van der Waals surface area (Å²) in [6, 6.07) is 11.2. The molecule has 3 aromatic heterocycles. The highest BCUT2D eigenvalue weighted by Crippen LogP contribution is 2.31. The molecule has 4 aromatic rings. The van der Waals surface area contributed by atoms with Crippen LogP contribution in [-0.4, -0.2) is 26.1 Å². The van der Waals surface area contributed by atoms with Gasteiger partial charge in [-0.05, 0) is 25.1 Å². The van der Waals surface area contributed by atoms with Gasteiger partial charge < -0.3 is 9.73 Å². The second-order valence-electron chi connectivity index (χ2n) is 5.63. The van der Waals surface area contributed by atoms with Crippen LogP contribution in [0, 0.1) is 6.92 Å². The number of nitrogens with zero attached hydrogens (tertiary/aromatic N) is 3. The molecule has 8 heteroatoms. The van der Waals surface area contributed by atoms with Gasteiger partial charge in [0.15, 0.2) is 10.9 Å². The number of furan rings is 1. The number of anilines is 1. The van der Waals surface area contributed by atoms with Crippen LogP contribution in [0.15, 0.2) is 58.5 Å². The Morgan fingerprint density at radius 2 is 2.15 bits per heavy atom. The number of hydrogen-bond donors (Lipinski definition) is 2. The molecule has 7 nitrogen and oxygen atoms in total. The number of para-hydroxylation sites is 1. The van der Waals surface area contributed by atoms with E-state index in [-0.39, 0.29) is 5.91 Å². The number of benzene rings is 1. The predicted octanol–water partition coefficient (Wildman–Crippen LogP) is 3.80. The minimum absolute atomic E-state index is 0.292. The van der Waals surface area contributed by atoms with Crippen LogP contribution in [-0.2, 0) is 5.75 Å². The summed E-state index contributed by atoms with van der Waals surface area (Å²) >= 11 is 1.46. The Morgan fingerprint density at radius 1 is 1.27 bits per heavy atom. The number of carbonyl (C=O) groups is 1. The van der Waals surface area contributed by atoms with Gasteiger partial charge in [-0.1, -0.05) is 30.0 Å². The number of hydrogen-bond acceptors (Lipinski definition) is 6. The highest BCUT2D eigenvalue weighted by Gasteiger charge is 2.21. The lowest BCUT2D eigenvalue weighted by Gasteiger charge is -2.05. The van der Waals surface area contributed by atoms with Crippen molar-refractivity contribution >= 4 is 34.3 Å². The molecule has 0 saturated carbocycles. The van der Waals surface area contributed by atoms with Crippen molar-refractivity contribution in [1.82, 2.24) is 20.2 Å². The quantitative estimate of drug-likeness (QED) is 0.522. The Labute approximate surface area is 153 Å². The Balaban J connectivity index is 1.66. The molecule has 130 valence electrons. The number of amides is 1. The summed E-state index contributed by atoms with van der Waals surface area (Å²) in [5, 5.41) is 11.1. The predicted molar refractivity (Wildman–Crippen MR) is 99.1 cm³/mol. The van der Waals surface area contributed by atoms with E-state index in [2.05, 4.69) is 25.5 Å². The lowest BCUT2D eigenvalue weighted by atomic mass is 10.1. The summed E-state index contributed by atoms with van der Waals surface area (Å²) in [6.45, 7) is 1.87. The van der Waals surface area contributed by atoms with Crippen molar-refractivity contribution in [3.8, 4) is 0 Å². The van der Waals surface area contributed by atoms with Crippen LogP contribution in [0.2, 0.25) is 0 Å². The molecule has 0 aliphatic rings. The molecule has 0 spiro atoms. The van der Waals surface area contributed by atoms with Crippen LogP contribution in [0.3, 0.4) is 0 Å². The number of aromatic amines is 1. The monoisotopic (exact) mass is 365 g/mol. The van der Waals surface area contributed by atoms with Crippen LogP contribution < -0.4 is 5.32 Å². The van der Waals surface area contributed by atoms with E-state index in [1.165, 1.54) is 18.1 Å². The lowest BCUT2D eigenvalue weighted by Crippen LogP contribution is -2.13. The maximum Gasteiger partial charge on any atom is 0.291 e. The van der Waals surface area contributed by atoms with Crippen molar-refractivity contribution in [1.29, 1.82) is 0 Å². The van der Waals surface area contributed by atoms with E-state index in [1.54, 1.807) is 12.3 Å². The maximum absolute atomic E-state index is 12.8. The number of fused-ring (bicyclic) bond motifs is 1. The van der Waals surface area contributed by atoms with Gasteiger partial charge in [0.2, 0.25) is 0 Å². The van der Waals surface area contributed by atoms with Crippen molar-refractivity contribution in [2.24, 2.45) is 0 Å². The van der Waals surface area contributed by atoms with Gasteiger partial charge in [-0.2, -0.15) is 5.10 Å². The van der Waals surface area contributed by atoms with Crippen LogP contribution >= 0.6 is 11.8 Å². The number of aryl methyl sites for hydroxylation is 1. The van der Waals surface area contributed by atoms with E-state index in [1.807, 2.05) is 37.3 Å². The summed E-state index contributed by atoms with van der Waals surface area (Å²) < 4.78 is 5.85. The van der Waals surface area contributed by atoms with Crippen LogP contribution in [0.4, 0.5) is 5.69 Å². The van der Waals surface area contributed by atoms with Gasteiger partial charge >= 0.3 is 0 Å². The van der Waals surface area contributed by atoms with E-state index in [9.17, 15) is 4.79 Å². The number of H-pyrrole nitrogens is 1. The molecule has 4 rings (SSSR count). The molecule has 1 aromatic carbocycles. The average Bonchev–Trinajstić information content (AvgIpc) is 3.27. The van der Waals surface area contributed by atoms with Gasteiger partial charge in [-0.3, -0.25) is 14.9 Å². The minimum Gasteiger partial charge on any atom is -0.451 e. The molecule has 0 aliphatic carbocycles. The molecular weight excluding hydrogens is 350 g/mol. The third kappa shape index (κ3) is 3.31. The van der Waals surface area contributed by atoms with Gasteiger partial charge in [0, 0.05) is 34.3 Å². The molecule has 0 unspecified atom stereocenters. The summed E-state index contributed by atoms with van der Waals surface area (Å²) in [5.41, 5.74) is 3.01. The lowest BCUT2D eigenvalue weighted by molar-refractivity contribution is 0.0998. The van der Waals surface area contributed by atoms with E-state index in [4.69, 9.17) is 4.42 Å². The van der Waals surface area contributed by atoms with E-state index >= 15 is 0 Å². The Hall–Kier alpha value is -3.13. The fraction of sp³-hybridized carbons (Fsp3) is 0.111. The number of carbonyl (C=O) groups excluding carboxylic acids is 1. The number of nitrogens with one attached hydrogen (secondary N) is 2. The van der Waals surface area contributed by atoms with Crippen LogP contribution in [0.25, 0.3) is 11.0 Å². The van der Waals surface area contributed by atoms with Gasteiger partial charge in [0.25, 0.3) is 5.91 Å². The van der Waals surface area contributed by atoms with Crippen molar-refractivity contribution in [2.45, 2.75) is 17.8 Å². The van der Waals surface area contributed by atoms with Gasteiger partial charge in [0.05, 0.1) is 0 Å². The van der Waals surface area contributed by atoms with Crippen molar-refractivity contribution in [2.75, 3.05) is 5.32 Å². The third-order valence-electron chi connectivity index (χ3n) is 3.81. The molecule has 3 heterocycles. The van der Waals surface area contributed by atoms with E-state index in [0.717, 1.165) is 16.6 Å². The molecule has 0 radical (unpaired) electrons. The molecule has 0 aliphatic heterocycles. The first kappa shape index (κ1) is 16.3. The first-order chi connectivity index (χ1) is 12.7. The zero-order valence-electron chi connectivity index (χ0n) is 13.9. The second-order valence-corrected chi connectivity index (χ2v) is 6.59. The number of rotatable bonds is 5. The van der Waals surface area contributed by atoms with Gasteiger partial charge in [0.1, 0.15) is 11.9 Å². The van der Waals surface area contributed by atoms with E-state index < -0.39 is 0 Å². The number of aromatic nitrogens is 4. The first-order valence-corrected chi connectivity index (χ1v) is 8.92. The zero-order chi connectivity index (χ0) is 17.9. The highest BCUT2D eigenvalue weighted by molar-refractivity contribution is 7.98. The summed E-state index contributed by atoms with van der Waals surface area (Å²) in [6.07, 6.45) is 3.11. The SMILES string of the molecule is Cc1cc(NC(=O)c2oc3ccccc3c2CSc2ncn[nH]2)ccn1. The Kier molecular flexibility index (Phi) is 4.40. The molecule has 0 bridgehead atoms. The number of thioether (sulfide) groups is 1. The zero-order valence-corrected chi connectivity index (χ0v) is 14.7. The summed E-state index contributed by atoms with van der Waals surface area (Å²) in [7, 11) is 0. The summed E-state index contributed by atoms with van der Waals surface area (Å²) in [4.78, 5) is 21.0. The largest absolute Gasteiger partial charge is 0.451 e. The molecule has 0 saturated heterocycles. The maximum atomic E-state index is 12.8. The van der Waals surface area contributed by atoms with Crippen molar-refractivity contribution in [3.05, 3.63) is 65.9 Å². The fourth-order valence-electron chi connectivity index (χ4n) is 2.64. The minimum atomic E-state index is -0.292. The van der Waals surface area contributed by atoms with Crippen molar-refractivity contribution in [3.63, 3.8) is 0 Å². The molecule has 0 atom stereocenters.